The van der Waals surface area contributed by atoms with Crippen LogP contribution in [0, 0.1) is 6.92 Å². The Hall–Kier alpha value is -5.46. The average Bonchev–Trinajstić information content (AvgIpc) is 3.55. The maximum Gasteiger partial charge on any atom is 0.416 e. The summed E-state index contributed by atoms with van der Waals surface area (Å²) in [6.07, 6.45) is 2.08. The third kappa shape index (κ3) is 5.89. The van der Waals surface area contributed by atoms with Crippen molar-refractivity contribution in [3.05, 3.63) is 101 Å². The molecule has 0 aliphatic rings. The van der Waals surface area contributed by atoms with Gasteiger partial charge in [0.15, 0.2) is 0 Å². The lowest BCUT2D eigenvalue weighted by Gasteiger charge is -2.15. The van der Waals surface area contributed by atoms with Crippen molar-refractivity contribution in [2.45, 2.75) is 33.0 Å². The number of nitrogens with zero attached hydrogens (tertiary/aromatic N) is 5. The van der Waals surface area contributed by atoms with Gasteiger partial charge in [-0.15, -0.1) is 0 Å². The van der Waals surface area contributed by atoms with Gasteiger partial charge in [-0.05, 0) is 55.3 Å². The Labute approximate surface area is 249 Å². The molecule has 0 atom stereocenters. The van der Waals surface area contributed by atoms with E-state index in [-0.39, 0.29) is 23.6 Å². The minimum Gasteiger partial charge on any atom is -0.325 e. The third-order valence-corrected chi connectivity index (χ3v) is 7.06. The summed E-state index contributed by atoms with van der Waals surface area (Å²) in [7, 11) is 1.79. The molecule has 0 radical (unpaired) electrons. The fraction of sp³-hybridized carbons (Fsp3) is 0.194. The average molecular weight is 604 g/mol. The molecular weight excluding hydrogens is 575 g/mol. The van der Waals surface area contributed by atoms with Crippen LogP contribution < -0.4 is 16.2 Å². The normalized spacial score (nSPS) is 11.5. The summed E-state index contributed by atoms with van der Waals surface area (Å²) in [6, 6.07) is 9.44. The first kappa shape index (κ1) is 30.0. The molecule has 2 amide bonds. The Balaban J connectivity index is 1.54. The highest BCUT2D eigenvalue weighted by Gasteiger charge is 2.30. The van der Waals surface area contributed by atoms with Crippen LogP contribution in [0.25, 0.3) is 28.0 Å². The highest BCUT2D eigenvalue weighted by atomic mass is 19.4. The highest BCUT2D eigenvalue weighted by Crippen LogP contribution is 2.33. The van der Waals surface area contributed by atoms with Crippen molar-refractivity contribution in [1.29, 1.82) is 0 Å². The molecule has 0 aliphatic heterocycles. The number of imidazole rings is 1. The van der Waals surface area contributed by atoms with Gasteiger partial charge in [0, 0.05) is 47.6 Å². The Kier molecular flexibility index (Phi) is 7.96. The van der Waals surface area contributed by atoms with E-state index in [9.17, 15) is 27.6 Å². The zero-order chi connectivity index (χ0) is 31.8. The van der Waals surface area contributed by atoms with E-state index in [1.807, 2.05) is 19.2 Å². The SMILES string of the molecule is C=CC(=O)Nc1cc(-c2cnn(C)c2)ccc1-c1c(CC)nc2n(CC(=O)Nc3ccc(C(F)(F)F)cc3)c(C)cn2c1=O. The van der Waals surface area contributed by atoms with Gasteiger partial charge in [0.1, 0.15) is 6.54 Å². The minimum atomic E-state index is -4.49. The predicted octanol–water partition coefficient (Wildman–Crippen LogP) is 5.22. The molecule has 0 saturated carbocycles. The monoisotopic (exact) mass is 603 g/mol. The van der Waals surface area contributed by atoms with E-state index in [1.165, 1.54) is 16.5 Å². The highest BCUT2D eigenvalue weighted by molar-refractivity contribution is 6.02. The van der Waals surface area contributed by atoms with E-state index < -0.39 is 29.1 Å². The minimum absolute atomic E-state index is 0.197. The van der Waals surface area contributed by atoms with Crippen molar-refractivity contribution in [1.82, 2.24) is 23.7 Å². The summed E-state index contributed by atoms with van der Waals surface area (Å²) >= 11 is 0. The first-order chi connectivity index (χ1) is 20.9. The summed E-state index contributed by atoms with van der Waals surface area (Å²) in [5.74, 6) is -0.745. The van der Waals surface area contributed by atoms with E-state index in [0.29, 0.717) is 29.1 Å². The lowest BCUT2D eigenvalue weighted by atomic mass is 9.98. The molecule has 5 rings (SSSR count). The number of nitrogens with one attached hydrogen (secondary N) is 2. The number of carbonyl (C=O) groups is 2. The van der Waals surface area contributed by atoms with Gasteiger partial charge in [-0.3, -0.25) is 23.5 Å². The second kappa shape index (κ2) is 11.7. The number of anilines is 2. The molecule has 44 heavy (non-hydrogen) atoms. The summed E-state index contributed by atoms with van der Waals surface area (Å²) < 4.78 is 43.2. The molecule has 0 saturated heterocycles. The summed E-state index contributed by atoms with van der Waals surface area (Å²) in [5.41, 5.74) is 2.69. The number of benzene rings is 2. The van der Waals surface area contributed by atoms with Gasteiger partial charge in [0.2, 0.25) is 17.6 Å². The van der Waals surface area contributed by atoms with Crippen LogP contribution in [0.1, 0.15) is 23.9 Å². The quantitative estimate of drug-likeness (QED) is 0.236. The third-order valence-electron chi connectivity index (χ3n) is 7.06. The molecule has 0 bridgehead atoms. The van der Waals surface area contributed by atoms with Gasteiger partial charge < -0.3 is 15.2 Å². The van der Waals surface area contributed by atoms with Crippen molar-refractivity contribution in [3.8, 4) is 22.3 Å². The summed E-state index contributed by atoms with van der Waals surface area (Å²) in [6.45, 7) is 6.84. The first-order valence-corrected chi connectivity index (χ1v) is 13.5. The van der Waals surface area contributed by atoms with Crippen LogP contribution >= 0.6 is 0 Å². The van der Waals surface area contributed by atoms with Crippen LogP contribution in [0.3, 0.4) is 0 Å². The fourth-order valence-electron chi connectivity index (χ4n) is 4.89. The number of aromatic nitrogens is 5. The molecule has 0 unspecified atom stereocenters. The van der Waals surface area contributed by atoms with Crippen molar-refractivity contribution in [2.75, 3.05) is 10.6 Å². The van der Waals surface area contributed by atoms with Crippen LogP contribution in [-0.4, -0.2) is 35.5 Å². The predicted molar refractivity (Wildman–Crippen MR) is 160 cm³/mol. The van der Waals surface area contributed by atoms with E-state index in [4.69, 9.17) is 4.98 Å². The summed E-state index contributed by atoms with van der Waals surface area (Å²) in [5, 5.41) is 9.59. The number of aryl methyl sites for hydroxylation is 3. The van der Waals surface area contributed by atoms with Gasteiger partial charge in [0.05, 0.1) is 23.0 Å². The molecule has 13 heteroatoms. The fourth-order valence-corrected chi connectivity index (χ4v) is 4.89. The standard InChI is InChI=1S/C31H28F3N7O3/c1-5-24-28(23-12-7-19(20-14-35-39(4)16-20)13-25(23)37-26(42)6-2)29(44)41-15-18(3)40(30(41)38-24)17-27(43)36-22-10-8-21(9-11-22)31(32,33)34/h6-16H,2,5,17H2,1,3-4H3,(H,36,43)(H,37,42). The Bertz CT molecular complexity index is 1970. The lowest BCUT2D eigenvalue weighted by Crippen LogP contribution is -2.23. The molecule has 5 aromatic rings. The number of hydrogen-bond acceptors (Lipinski definition) is 5. The van der Waals surface area contributed by atoms with Gasteiger partial charge in [-0.25, -0.2) is 4.98 Å². The molecule has 226 valence electrons. The molecule has 10 nitrogen and oxygen atoms in total. The Morgan fingerprint density at radius 1 is 1.05 bits per heavy atom. The smallest absolute Gasteiger partial charge is 0.325 e. The first-order valence-electron chi connectivity index (χ1n) is 13.5. The lowest BCUT2D eigenvalue weighted by molar-refractivity contribution is -0.137. The number of fused-ring (bicyclic) bond motifs is 1. The second-order valence-electron chi connectivity index (χ2n) is 10.1. The zero-order valence-corrected chi connectivity index (χ0v) is 24.1. The summed E-state index contributed by atoms with van der Waals surface area (Å²) in [4.78, 5) is 44.0. The molecule has 3 aromatic heterocycles. The molecule has 2 N–H and O–H groups in total. The van der Waals surface area contributed by atoms with Crippen LogP contribution in [0.2, 0.25) is 0 Å². The maximum absolute atomic E-state index is 14.0. The van der Waals surface area contributed by atoms with Gasteiger partial charge >= 0.3 is 6.18 Å². The van der Waals surface area contributed by atoms with Crippen LogP contribution in [0.15, 0.2) is 78.5 Å². The molecular formula is C31H28F3N7O3. The van der Waals surface area contributed by atoms with Crippen molar-refractivity contribution < 1.29 is 22.8 Å². The number of rotatable bonds is 8. The van der Waals surface area contributed by atoms with Crippen molar-refractivity contribution in [2.24, 2.45) is 7.05 Å². The van der Waals surface area contributed by atoms with Crippen molar-refractivity contribution >= 4 is 29.0 Å². The van der Waals surface area contributed by atoms with Crippen molar-refractivity contribution in [3.63, 3.8) is 0 Å². The largest absolute Gasteiger partial charge is 0.416 e. The number of alkyl halides is 3. The number of hydrogen-bond donors (Lipinski definition) is 2. The molecule has 0 aliphatic carbocycles. The van der Waals surface area contributed by atoms with E-state index in [0.717, 1.165) is 29.3 Å². The molecule has 2 aromatic carbocycles. The zero-order valence-electron chi connectivity index (χ0n) is 24.1. The Morgan fingerprint density at radius 3 is 2.39 bits per heavy atom. The molecule has 0 spiro atoms. The second-order valence-corrected chi connectivity index (χ2v) is 10.1. The van der Waals surface area contributed by atoms with E-state index in [1.54, 1.807) is 47.7 Å². The number of amides is 2. The van der Waals surface area contributed by atoms with Gasteiger partial charge in [-0.2, -0.15) is 18.3 Å². The Morgan fingerprint density at radius 2 is 1.77 bits per heavy atom. The topological polar surface area (TPSA) is 115 Å². The maximum atomic E-state index is 14.0. The van der Waals surface area contributed by atoms with Gasteiger partial charge in [0.25, 0.3) is 5.56 Å². The van der Waals surface area contributed by atoms with Crippen LogP contribution in [0.5, 0.6) is 0 Å². The molecule has 0 fully saturated rings. The number of halogens is 3. The van der Waals surface area contributed by atoms with Crippen LogP contribution in [-0.2, 0) is 35.8 Å². The van der Waals surface area contributed by atoms with Gasteiger partial charge in [-0.1, -0.05) is 25.6 Å². The number of carbonyl (C=O) groups excluding carboxylic acids is 2. The molecule has 3 heterocycles. The van der Waals surface area contributed by atoms with E-state index >= 15 is 0 Å². The van der Waals surface area contributed by atoms with Crippen LogP contribution in [0.4, 0.5) is 24.5 Å². The van der Waals surface area contributed by atoms with E-state index in [2.05, 4.69) is 22.3 Å².